The van der Waals surface area contributed by atoms with Gasteiger partial charge in [0, 0.05) is 0 Å². The van der Waals surface area contributed by atoms with Crippen LogP contribution in [0.1, 0.15) is 13.8 Å². The van der Waals surface area contributed by atoms with Crippen molar-refractivity contribution in [2.45, 2.75) is 36.9 Å². The zero-order valence-corrected chi connectivity index (χ0v) is 12.0. The Morgan fingerprint density at radius 1 is 1.50 bits per heavy atom. The molecule has 0 aromatic heterocycles. The van der Waals surface area contributed by atoms with Gasteiger partial charge in [0.1, 0.15) is 0 Å². The van der Waals surface area contributed by atoms with E-state index in [0.29, 0.717) is 19.1 Å². The van der Waals surface area contributed by atoms with Crippen LogP contribution in [0.5, 0.6) is 0 Å². The van der Waals surface area contributed by atoms with Gasteiger partial charge in [0.25, 0.3) is 0 Å². The Morgan fingerprint density at radius 3 is 2.94 bits per heavy atom. The van der Waals surface area contributed by atoms with Gasteiger partial charge in [-0.1, -0.05) is 0 Å². The van der Waals surface area contributed by atoms with Gasteiger partial charge in [0.15, 0.2) is 0 Å². The Hall–Kier alpha value is -0.0516. The Morgan fingerprint density at radius 2 is 2.25 bits per heavy atom. The molecule has 0 aliphatic carbocycles. The molecule has 2 saturated heterocycles. The minimum absolute atomic E-state index is 0.0117. The molecule has 0 bridgehead atoms. The number of rotatable bonds is 3. The van der Waals surface area contributed by atoms with Crippen LogP contribution >= 0.6 is 0 Å². The van der Waals surface area contributed by atoms with Crippen molar-refractivity contribution < 1.29 is 19.0 Å². The molecule has 16 heavy (non-hydrogen) atoms. The first-order chi connectivity index (χ1) is 7.59. The average Bonchev–Trinajstić information content (AvgIpc) is 2.81. The fraction of sp³-hybridized carbons (Fsp3) is 0.818. The van der Waals surface area contributed by atoms with E-state index in [1.165, 1.54) is 16.9 Å². The molecule has 91 valence electrons. The predicted molar refractivity (Wildman–Crippen MR) is 60.8 cm³/mol. The number of hydrogen-bond donors (Lipinski definition) is 0. The first-order valence-electron chi connectivity index (χ1n) is 5.62. The van der Waals surface area contributed by atoms with Gasteiger partial charge in [0.2, 0.25) is 0 Å². The molecule has 5 heteroatoms. The van der Waals surface area contributed by atoms with Crippen LogP contribution in [-0.2, 0) is 19.0 Å². The molecule has 0 saturated carbocycles. The Kier molecular flexibility index (Phi) is 3.93. The van der Waals surface area contributed by atoms with Crippen molar-refractivity contribution >= 4 is 22.8 Å². The summed E-state index contributed by atoms with van der Waals surface area (Å²) >= 11 is 1.41. The third-order valence-electron chi connectivity index (χ3n) is 3.02. The SMILES string of the molecule is CC(C)[C@H]([AsH2])C(=O)O[C@@H]1CO[C@@H]2[CH]CO[C@H]21. The summed E-state index contributed by atoms with van der Waals surface area (Å²) in [5.41, 5.74) is 0. The summed E-state index contributed by atoms with van der Waals surface area (Å²) in [5.74, 6) is 0.196. The van der Waals surface area contributed by atoms with E-state index in [0.717, 1.165) is 0 Å². The van der Waals surface area contributed by atoms with Crippen LogP contribution in [0.4, 0.5) is 0 Å². The number of carbonyl (C=O) groups is 1. The van der Waals surface area contributed by atoms with E-state index in [4.69, 9.17) is 14.2 Å². The quantitative estimate of drug-likeness (QED) is 0.541. The van der Waals surface area contributed by atoms with Gasteiger partial charge in [-0.25, -0.2) is 0 Å². The van der Waals surface area contributed by atoms with Gasteiger partial charge >= 0.3 is 104 Å². The second-order valence-corrected chi connectivity index (χ2v) is 6.08. The van der Waals surface area contributed by atoms with E-state index in [1.54, 1.807) is 0 Å². The van der Waals surface area contributed by atoms with E-state index < -0.39 is 0 Å². The Bertz CT molecular complexity index is 269. The van der Waals surface area contributed by atoms with Crippen LogP contribution in [-0.4, -0.2) is 54.3 Å². The molecule has 2 rings (SSSR count). The number of carbonyl (C=O) groups excluding carboxylic acids is 1. The molecule has 2 aliphatic rings. The molecule has 2 aliphatic heterocycles. The van der Waals surface area contributed by atoms with Crippen LogP contribution in [0.2, 0.25) is 4.71 Å². The molecule has 0 N–H and O–H groups in total. The maximum absolute atomic E-state index is 11.8. The first-order valence-corrected chi connectivity index (χ1v) is 7.02. The zero-order chi connectivity index (χ0) is 11.7. The number of ether oxygens (including phenoxy) is 3. The molecule has 4 nitrogen and oxygen atoms in total. The summed E-state index contributed by atoms with van der Waals surface area (Å²) in [7, 11) is 0. The fourth-order valence-electron chi connectivity index (χ4n) is 1.87. The summed E-state index contributed by atoms with van der Waals surface area (Å²) in [4.78, 5) is 11.8. The van der Waals surface area contributed by atoms with Crippen molar-refractivity contribution in [3.05, 3.63) is 6.42 Å². The van der Waals surface area contributed by atoms with Crippen molar-refractivity contribution in [2.75, 3.05) is 13.2 Å². The second-order valence-electron chi connectivity index (χ2n) is 4.58. The summed E-state index contributed by atoms with van der Waals surface area (Å²) in [6, 6.07) is 0. The topological polar surface area (TPSA) is 44.8 Å². The van der Waals surface area contributed by atoms with Crippen LogP contribution in [0.15, 0.2) is 0 Å². The molecule has 0 amide bonds. The molecular formula is C11H18AsO4. The molecule has 2 fully saturated rings. The number of fused-ring (bicyclic) bond motifs is 1. The molecule has 1 unspecified atom stereocenters. The second kappa shape index (κ2) is 5.07. The molecule has 1 radical (unpaired) electrons. The third kappa shape index (κ3) is 2.44. The summed E-state index contributed by atoms with van der Waals surface area (Å²) in [6.45, 7) is 5.10. The van der Waals surface area contributed by atoms with Crippen LogP contribution in [0, 0.1) is 12.3 Å². The first kappa shape index (κ1) is 12.4. The van der Waals surface area contributed by atoms with E-state index in [1.807, 2.05) is 20.3 Å². The van der Waals surface area contributed by atoms with Crippen molar-refractivity contribution in [3.63, 3.8) is 0 Å². The van der Waals surface area contributed by atoms with Crippen molar-refractivity contribution in [1.29, 1.82) is 0 Å². The number of esters is 1. The van der Waals surface area contributed by atoms with Gasteiger partial charge in [-0.05, 0) is 0 Å². The van der Waals surface area contributed by atoms with Crippen molar-refractivity contribution in [2.24, 2.45) is 5.92 Å². The molecule has 0 aromatic carbocycles. The van der Waals surface area contributed by atoms with Gasteiger partial charge in [0.05, 0.1) is 0 Å². The summed E-state index contributed by atoms with van der Waals surface area (Å²) in [6.07, 6.45) is 1.68. The van der Waals surface area contributed by atoms with Crippen LogP contribution in [0.3, 0.4) is 0 Å². The van der Waals surface area contributed by atoms with Gasteiger partial charge in [-0.15, -0.1) is 0 Å². The predicted octanol–water partition coefficient (Wildman–Crippen LogP) is -0.0223. The summed E-state index contributed by atoms with van der Waals surface area (Å²) in [5, 5.41) is 0. The monoisotopic (exact) mass is 289 g/mol. The summed E-state index contributed by atoms with van der Waals surface area (Å²) < 4.78 is 16.4. The molecule has 5 atom stereocenters. The fourth-order valence-corrected chi connectivity index (χ4v) is 2.04. The van der Waals surface area contributed by atoms with Gasteiger partial charge in [-0.2, -0.15) is 0 Å². The Balaban J connectivity index is 1.88. The minimum atomic E-state index is -0.228. The van der Waals surface area contributed by atoms with E-state index in [-0.39, 0.29) is 29.0 Å². The van der Waals surface area contributed by atoms with E-state index in [2.05, 4.69) is 0 Å². The number of hydrogen-bond acceptors (Lipinski definition) is 4. The third-order valence-corrected chi connectivity index (χ3v) is 5.20. The van der Waals surface area contributed by atoms with Crippen LogP contribution in [0.25, 0.3) is 0 Å². The Labute approximate surface area is 104 Å². The normalized spacial score (nSPS) is 35.1. The van der Waals surface area contributed by atoms with Gasteiger partial charge < -0.3 is 0 Å². The van der Waals surface area contributed by atoms with Gasteiger partial charge in [-0.3, -0.25) is 0 Å². The molecular weight excluding hydrogens is 271 g/mol. The van der Waals surface area contributed by atoms with E-state index >= 15 is 0 Å². The average molecular weight is 289 g/mol. The molecule has 2 heterocycles. The standard InChI is InChI=1S/C11H18AsO4/c1-6(2)9(12)11(13)16-8-5-15-7-3-4-14-10(7)8/h3,6-10H,4-5,12H2,1-2H3/t7-,8-,9+,10-/m1/s1. The van der Waals surface area contributed by atoms with Crippen molar-refractivity contribution in [3.8, 4) is 0 Å². The maximum atomic E-state index is 11.8. The van der Waals surface area contributed by atoms with Crippen molar-refractivity contribution in [1.82, 2.24) is 0 Å². The van der Waals surface area contributed by atoms with E-state index in [9.17, 15) is 4.79 Å². The molecule has 0 aromatic rings. The van der Waals surface area contributed by atoms with Crippen LogP contribution < -0.4 is 0 Å². The zero-order valence-electron chi connectivity index (χ0n) is 9.59. The molecule has 0 spiro atoms.